The molecule has 0 aliphatic heterocycles. The molecule has 0 bridgehead atoms. The molecule has 0 fully saturated rings. The molecule has 2 aromatic rings. The molecule has 0 aromatic heterocycles. The largest absolute Gasteiger partial charge is 0.460 e. The predicted molar refractivity (Wildman–Crippen MR) is 135 cm³/mol. The Morgan fingerprint density at radius 1 is 1.11 bits per heavy atom. The van der Waals surface area contributed by atoms with Crippen LogP contribution in [0, 0.1) is 0 Å². The monoisotopic (exact) mass is 507 g/mol. The molecule has 37 heavy (non-hydrogen) atoms. The van der Waals surface area contributed by atoms with Crippen molar-refractivity contribution in [2.45, 2.75) is 30.9 Å². The first-order valence-electron chi connectivity index (χ1n) is 11.8. The Balaban J connectivity index is 1.63. The first-order valence-corrected chi connectivity index (χ1v) is 11.8. The van der Waals surface area contributed by atoms with Crippen molar-refractivity contribution < 1.29 is 29.0 Å². The second kappa shape index (κ2) is 13.7. The van der Waals surface area contributed by atoms with E-state index >= 15 is 0 Å². The van der Waals surface area contributed by atoms with Gasteiger partial charge in [0.15, 0.2) is 0 Å². The smallest absolute Gasteiger partial charge is 0.407 e. The number of hydrogen-bond donors (Lipinski definition) is 3. The van der Waals surface area contributed by atoms with E-state index in [1.807, 2.05) is 48.5 Å². The summed E-state index contributed by atoms with van der Waals surface area (Å²) in [5.74, 6) is -1.55. The second-order valence-corrected chi connectivity index (χ2v) is 8.34. The van der Waals surface area contributed by atoms with E-state index in [1.54, 1.807) is 0 Å². The minimum Gasteiger partial charge on any atom is -0.460 e. The van der Waals surface area contributed by atoms with Gasteiger partial charge in [-0.3, -0.25) is 9.59 Å². The summed E-state index contributed by atoms with van der Waals surface area (Å²) in [4.78, 5) is 39.7. The molecule has 0 heterocycles. The quantitative estimate of drug-likeness (QED) is 0.124. The average Bonchev–Trinajstić information content (AvgIpc) is 3.22. The van der Waals surface area contributed by atoms with Crippen molar-refractivity contribution in [3.8, 4) is 11.1 Å². The molecule has 1 aliphatic carbocycles. The third kappa shape index (κ3) is 7.57. The van der Waals surface area contributed by atoms with Gasteiger partial charge in [0, 0.05) is 23.8 Å². The Kier molecular flexibility index (Phi) is 10.1. The maximum absolute atomic E-state index is 12.7. The molecule has 11 nitrogen and oxygen atoms in total. The third-order valence-electron chi connectivity index (χ3n) is 5.85. The van der Waals surface area contributed by atoms with Gasteiger partial charge in [-0.15, -0.1) is 0 Å². The second-order valence-electron chi connectivity index (χ2n) is 8.34. The van der Waals surface area contributed by atoms with Gasteiger partial charge in [-0.1, -0.05) is 66.3 Å². The summed E-state index contributed by atoms with van der Waals surface area (Å²) >= 11 is 0. The van der Waals surface area contributed by atoms with Crippen molar-refractivity contribution in [2.24, 2.45) is 5.11 Å². The number of carbonyl (C=O) groups is 3. The first kappa shape index (κ1) is 27.3. The summed E-state index contributed by atoms with van der Waals surface area (Å²) in [6, 6.07) is 14.6. The Hall–Kier alpha value is -4.34. The van der Waals surface area contributed by atoms with Crippen LogP contribution in [0.15, 0.2) is 66.3 Å². The number of ether oxygens (including phenoxy) is 2. The number of aliphatic hydroxyl groups excluding tert-OH is 1. The lowest BCUT2D eigenvalue weighted by molar-refractivity contribution is -0.143. The van der Waals surface area contributed by atoms with Crippen LogP contribution in [-0.2, 0) is 19.1 Å². The van der Waals surface area contributed by atoms with Gasteiger partial charge < -0.3 is 25.2 Å². The van der Waals surface area contributed by atoms with Gasteiger partial charge in [-0.05, 0) is 34.2 Å². The van der Waals surface area contributed by atoms with Gasteiger partial charge in [-0.2, -0.15) is 0 Å². The molecule has 2 amide bonds. The fourth-order valence-corrected chi connectivity index (χ4v) is 4.14. The average molecular weight is 508 g/mol. The van der Waals surface area contributed by atoms with Crippen LogP contribution >= 0.6 is 0 Å². The fourth-order valence-electron chi connectivity index (χ4n) is 4.14. The number of amides is 2. The van der Waals surface area contributed by atoms with E-state index in [0.29, 0.717) is 0 Å². The van der Waals surface area contributed by atoms with Crippen molar-refractivity contribution in [3.63, 3.8) is 0 Å². The minimum atomic E-state index is -1.20. The van der Waals surface area contributed by atoms with Crippen molar-refractivity contribution in [1.29, 1.82) is 0 Å². The highest BCUT2D eigenvalue weighted by atomic mass is 16.5. The van der Waals surface area contributed by atoms with Crippen LogP contribution in [0.5, 0.6) is 0 Å². The number of carbonyl (C=O) groups excluding carboxylic acids is 3. The van der Waals surface area contributed by atoms with E-state index < -0.39 is 36.7 Å². The highest BCUT2D eigenvalue weighted by Crippen LogP contribution is 2.44. The lowest BCUT2D eigenvalue weighted by atomic mass is 9.98. The number of azide groups is 1. The summed E-state index contributed by atoms with van der Waals surface area (Å²) in [5, 5.41) is 18.5. The van der Waals surface area contributed by atoms with E-state index in [0.717, 1.165) is 22.3 Å². The number of rotatable bonds is 13. The molecule has 0 saturated heterocycles. The van der Waals surface area contributed by atoms with E-state index in [-0.39, 0.29) is 38.5 Å². The maximum Gasteiger partial charge on any atom is 0.407 e. The van der Waals surface area contributed by atoms with Crippen molar-refractivity contribution in [1.82, 2.24) is 10.6 Å². The summed E-state index contributed by atoms with van der Waals surface area (Å²) in [6.07, 6.45) is -0.608. The van der Waals surface area contributed by atoms with Crippen LogP contribution in [0.1, 0.15) is 29.9 Å². The highest BCUT2D eigenvalue weighted by molar-refractivity contribution is 5.88. The number of benzene rings is 2. The Morgan fingerprint density at radius 3 is 2.38 bits per heavy atom. The van der Waals surface area contributed by atoms with Crippen LogP contribution in [0.2, 0.25) is 0 Å². The molecule has 0 spiro atoms. The molecule has 0 radical (unpaired) electrons. The van der Waals surface area contributed by atoms with Crippen LogP contribution in [0.3, 0.4) is 0 Å². The standard InChI is InChI=1S/C26H29N5O6/c1-2-13-36-24(33)15-28-25(34)23(14-17(32)11-12-29-31-27)30-26(35)37-16-22-20-9-5-3-7-18(20)19-8-4-6-10-21(19)22/h2-10,17,22-23,32H,1,11-16H2,(H,28,34)(H,30,35)/t17-,23+/m1/s1. The molecular formula is C26H29N5O6. The van der Waals surface area contributed by atoms with Crippen molar-refractivity contribution >= 4 is 18.0 Å². The van der Waals surface area contributed by atoms with Gasteiger partial charge in [0.2, 0.25) is 5.91 Å². The Morgan fingerprint density at radius 2 is 1.76 bits per heavy atom. The van der Waals surface area contributed by atoms with E-state index in [4.69, 9.17) is 15.0 Å². The molecule has 11 heteroatoms. The van der Waals surface area contributed by atoms with E-state index in [9.17, 15) is 19.5 Å². The van der Waals surface area contributed by atoms with Gasteiger partial charge in [0.05, 0.1) is 6.10 Å². The number of nitrogens with one attached hydrogen (secondary N) is 2. The molecule has 2 aromatic carbocycles. The number of nitrogens with zero attached hydrogens (tertiary/aromatic N) is 3. The lowest BCUT2D eigenvalue weighted by Gasteiger charge is -2.21. The summed E-state index contributed by atoms with van der Waals surface area (Å²) in [6.45, 7) is 3.07. The number of esters is 1. The third-order valence-corrected chi connectivity index (χ3v) is 5.85. The van der Waals surface area contributed by atoms with Crippen molar-refractivity contribution in [2.75, 3.05) is 26.3 Å². The Bertz CT molecular complexity index is 1130. The molecule has 3 rings (SSSR count). The molecule has 1 aliphatic rings. The zero-order chi connectivity index (χ0) is 26.6. The number of alkyl carbamates (subject to hydrolysis) is 1. The zero-order valence-corrected chi connectivity index (χ0v) is 20.2. The zero-order valence-electron chi connectivity index (χ0n) is 20.2. The van der Waals surface area contributed by atoms with Crippen molar-refractivity contribution in [3.05, 3.63) is 82.8 Å². The molecule has 3 N–H and O–H groups in total. The molecule has 194 valence electrons. The summed E-state index contributed by atoms with van der Waals surface area (Å²) in [5.41, 5.74) is 12.6. The highest BCUT2D eigenvalue weighted by Gasteiger charge is 2.30. The summed E-state index contributed by atoms with van der Waals surface area (Å²) < 4.78 is 10.3. The number of hydrogen-bond acceptors (Lipinski definition) is 7. The Labute approximate surface area is 214 Å². The van der Waals surface area contributed by atoms with Crippen LogP contribution in [0.4, 0.5) is 4.79 Å². The first-order chi connectivity index (χ1) is 17.9. The SMILES string of the molecule is C=CCOC(=O)CNC(=O)[C@H](C[C@H](O)CCN=[N+]=[N-])NC(=O)OCC1c2ccccc2-c2ccccc21. The van der Waals surface area contributed by atoms with Crippen LogP contribution < -0.4 is 10.6 Å². The van der Waals surface area contributed by atoms with Gasteiger partial charge in [-0.25, -0.2) is 4.79 Å². The fraction of sp³-hybridized carbons (Fsp3) is 0.346. The van der Waals surface area contributed by atoms with Crippen LogP contribution in [-0.4, -0.2) is 61.5 Å². The predicted octanol–water partition coefficient (Wildman–Crippen LogP) is 3.19. The molecule has 2 atom stereocenters. The lowest BCUT2D eigenvalue weighted by Crippen LogP contribution is -2.49. The van der Waals surface area contributed by atoms with Gasteiger partial charge in [0.25, 0.3) is 0 Å². The molecular weight excluding hydrogens is 478 g/mol. The minimum absolute atomic E-state index is 0.00570. The van der Waals surface area contributed by atoms with E-state index in [2.05, 4.69) is 27.2 Å². The number of aliphatic hydroxyl groups is 1. The topological polar surface area (TPSA) is 163 Å². The molecule has 0 saturated carbocycles. The van der Waals surface area contributed by atoms with Gasteiger partial charge >= 0.3 is 12.1 Å². The van der Waals surface area contributed by atoms with E-state index in [1.165, 1.54) is 6.08 Å². The number of fused-ring (bicyclic) bond motifs is 3. The van der Waals surface area contributed by atoms with Gasteiger partial charge in [0.1, 0.15) is 25.8 Å². The normalized spacial score (nSPS) is 13.2. The summed E-state index contributed by atoms with van der Waals surface area (Å²) in [7, 11) is 0. The maximum atomic E-state index is 12.7. The molecule has 0 unspecified atom stereocenters. The van der Waals surface area contributed by atoms with Crippen LogP contribution in [0.25, 0.3) is 21.6 Å².